The molecule has 2 heterocycles. The Labute approximate surface area is 152 Å². The molecule has 1 aliphatic rings. The lowest BCUT2D eigenvalue weighted by Gasteiger charge is -2.25. The van der Waals surface area contributed by atoms with Gasteiger partial charge in [-0.15, -0.1) is 11.8 Å². The van der Waals surface area contributed by atoms with Crippen molar-refractivity contribution in [1.82, 2.24) is 9.80 Å². The van der Waals surface area contributed by atoms with Crippen LogP contribution in [-0.4, -0.2) is 55.3 Å². The van der Waals surface area contributed by atoms with Crippen LogP contribution >= 0.6 is 11.8 Å². The van der Waals surface area contributed by atoms with Crippen LogP contribution in [0.3, 0.4) is 0 Å². The van der Waals surface area contributed by atoms with Crippen LogP contribution in [0.1, 0.15) is 21.7 Å². The first-order chi connectivity index (χ1) is 12.2. The Morgan fingerprint density at radius 3 is 2.84 bits per heavy atom. The zero-order valence-corrected chi connectivity index (χ0v) is 15.6. The van der Waals surface area contributed by atoms with E-state index in [0.717, 1.165) is 44.2 Å². The molecule has 0 aliphatic carbocycles. The minimum absolute atomic E-state index is 0.0217. The molecular formula is C19H24N2O3S. The average molecular weight is 360 g/mol. The number of rotatable bonds is 6. The predicted octanol–water partition coefficient (Wildman–Crippen LogP) is 3.11. The number of nitrogens with zero attached hydrogens (tertiary/aromatic N) is 2. The number of amides is 1. The van der Waals surface area contributed by atoms with Crippen molar-refractivity contribution in [2.24, 2.45) is 0 Å². The topological polar surface area (TPSA) is 45.9 Å². The molecule has 1 aromatic carbocycles. The Balaban J connectivity index is 1.60. The Kier molecular flexibility index (Phi) is 6.18. The van der Waals surface area contributed by atoms with Gasteiger partial charge in [0.2, 0.25) is 0 Å². The van der Waals surface area contributed by atoms with Crippen molar-refractivity contribution in [3.63, 3.8) is 0 Å². The lowest BCUT2D eigenvalue weighted by molar-refractivity contribution is 0.0313. The first-order valence-corrected chi connectivity index (χ1v) is 9.64. The maximum absolute atomic E-state index is 12.6. The molecule has 0 spiro atoms. The van der Waals surface area contributed by atoms with Gasteiger partial charge in [0.15, 0.2) is 0 Å². The smallest absolute Gasteiger partial charge is 0.257 e. The van der Waals surface area contributed by atoms with E-state index in [1.165, 1.54) is 4.90 Å². The highest BCUT2D eigenvalue weighted by molar-refractivity contribution is 7.98. The van der Waals surface area contributed by atoms with Gasteiger partial charge < -0.3 is 14.1 Å². The van der Waals surface area contributed by atoms with Gasteiger partial charge in [-0.1, -0.05) is 12.1 Å². The number of hydrogen-bond acceptors (Lipinski definition) is 5. The quantitative estimate of drug-likeness (QED) is 0.741. The second kappa shape index (κ2) is 8.56. The van der Waals surface area contributed by atoms with E-state index in [2.05, 4.69) is 23.3 Å². The SMILES string of the molecule is CSc1cccc(CN(C)C(=O)c2coc(CN3CCOCC3)c2)c1. The summed E-state index contributed by atoms with van der Waals surface area (Å²) in [5.41, 5.74) is 1.73. The average Bonchev–Trinajstić information content (AvgIpc) is 3.10. The molecule has 3 rings (SSSR count). The van der Waals surface area contributed by atoms with Gasteiger partial charge in [-0.05, 0) is 30.0 Å². The molecule has 2 aromatic rings. The summed E-state index contributed by atoms with van der Waals surface area (Å²) < 4.78 is 10.9. The minimum Gasteiger partial charge on any atom is -0.467 e. The molecule has 1 amide bonds. The number of benzene rings is 1. The van der Waals surface area contributed by atoms with E-state index in [1.807, 2.05) is 25.2 Å². The molecule has 25 heavy (non-hydrogen) atoms. The monoisotopic (exact) mass is 360 g/mol. The lowest BCUT2D eigenvalue weighted by Crippen LogP contribution is -2.35. The second-order valence-electron chi connectivity index (χ2n) is 6.20. The highest BCUT2D eigenvalue weighted by Gasteiger charge is 2.17. The zero-order chi connectivity index (χ0) is 17.6. The van der Waals surface area contributed by atoms with Crippen LogP contribution < -0.4 is 0 Å². The van der Waals surface area contributed by atoms with Gasteiger partial charge in [-0.3, -0.25) is 9.69 Å². The minimum atomic E-state index is -0.0217. The molecule has 1 saturated heterocycles. The number of carbonyl (C=O) groups is 1. The molecule has 1 aromatic heterocycles. The predicted molar refractivity (Wildman–Crippen MR) is 98.8 cm³/mol. The summed E-state index contributed by atoms with van der Waals surface area (Å²) in [5, 5.41) is 0. The van der Waals surface area contributed by atoms with Crippen LogP contribution in [0.4, 0.5) is 0 Å². The molecule has 1 fully saturated rings. The van der Waals surface area contributed by atoms with Crippen LogP contribution in [0.15, 0.2) is 45.9 Å². The summed E-state index contributed by atoms with van der Waals surface area (Å²) >= 11 is 1.70. The fourth-order valence-electron chi connectivity index (χ4n) is 2.89. The largest absolute Gasteiger partial charge is 0.467 e. The Bertz CT molecular complexity index is 710. The molecule has 0 unspecified atom stereocenters. The zero-order valence-electron chi connectivity index (χ0n) is 14.7. The van der Waals surface area contributed by atoms with E-state index in [9.17, 15) is 4.79 Å². The highest BCUT2D eigenvalue weighted by Crippen LogP contribution is 2.18. The lowest BCUT2D eigenvalue weighted by atomic mass is 10.2. The molecule has 0 radical (unpaired) electrons. The molecule has 1 aliphatic heterocycles. The summed E-state index contributed by atoms with van der Waals surface area (Å²) in [6.07, 6.45) is 3.61. The summed E-state index contributed by atoms with van der Waals surface area (Å²) in [5.74, 6) is 0.801. The van der Waals surface area contributed by atoms with Crippen LogP contribution in [0.25, 0.3) is 0 Å². The maximum Gasteiger partial charge on any atom is 0.257 e. The number of morpholine rings is 1. The van der Waals surface area contributed by atoms with Crippen LogP contribution in [-0.2, 0) is 17.8 Å². The van der Waals surface area contributed by atoms with E-state index < -0.39 is 0 Å². The van der Waals surface area contributed by atoms with E-state index in [1.54, 1.807) is 22.9 Å². The van der Waals surface area contributed by atoms with Crippen molar-refractivity contribution in [3.05, 3.63) is 53.5 Å². The van der Waals surface area contributed by atoms with Gasteiger partial charge in [0.1, 0.15) is 12.0 Å². The number of hydrogen-bond donors (Lipinski definition) is 0. The highest BCUT2D eigenvalue weighted by atomic mass is 32.2. The third-order valence-electron chi connectivity index (χ3n) is 4.28. The van der Waals surface area contributed by atoms with Crippen molar-refractivity contribution in [2.75, 3.05) is 39.6 Å². The Hall–Kier alpha value is -1.76. The number of ether oxygens (including phenoxy) is 1. The van der Waals surface area contributed by atoms with E-state index in [-0.39, 0.29) is 5.91 Å². The fourth-order valence-corrected chi connectivity index (χ4v) is 3.38. The van der Waals surface area contributed by atoms with Gasteiger partial charge in [0, 0.05) is 31.6 Å². The van der Waals surface area contributed by atoms with Gasteiger partial charge in [0.05, 0.1) is 25.3 Å². The molecule has 0 atom stereocenters. The summed E-state index contributed by atoms with van der Waals surface area (Å²) in [7, 11) is 1.82. The first kappa shape index (κ1) is 18.0. The first-order valence-electron chi connectivity index (χ1n) is 8.41. The number of furan rings is 1. The molecule has 134 valence electrons. The molecule has 0 saturated carbocycles. The number of carbonyl (C=O) groups excluding carboxylic acids is 1. The Morgan fingerprint density at radius 1 is 1.28 bits per heavy atom. The van der Waals surface area contributed by atoms with Gasteiger partial charge in [-0.25, -0.2) is 0 Å². The molecule has 5 nitrogen and oxygen atoms in total. The molecule has 0 bridgehead atoms. The van der Waals surface area contributed by atoms with Gasteiger partial charge in [0.25, 0.3) is 5.91 Å². The summed E-state index contributed by atoms with van der Waals surface area (Å²) in [4.78, 5) is 17.8. The molecule has 6 heteroatoms. The van der Waals surface area contributed by atoms with Gasteiger partial charge >= 0.3 is 0 Å². The molecule has 0 N–H and O–H groups in total. The van der Waals surface area contributed by atoms with E-state index in [4.69, 9.17) is 9.15 Å². The van der Waals surface area contributed by atoms with E-state index in [0.29, 0.717) is 12.1 Å². The van der Waals surface area contributed by atoms with Crippen molar-refractivity contribution < 1.29 is 13.9 Å². The fraction of sp³-hybridized carbons (Fsp3) is 0.421. The van der Waals surface area contributed by atoms with Crippen molar-refractivity contribution in [3.8, 4) is 0 Å². The summed E-state index contributed by atoms with van der Waals surface area (Å²) in [6, 6.07) is 10.1. The Morgan fingerprint density at radius 2 is 2.08 bits per heavy atom. The van der Waals surface area contributed by atoms with Gasteiger partial charge in [-0.2, -0.15) is 0 Å². The van der Waals surface area contributed by atoms with E-state index >= 15 is 0 Å². The normalized spacial score (nSPS) is 15.3. The van der Waals surface area contributed by atoms with Crippen molar-refractivity contribution in [1.29, 1.82) is 0 Å². The van der Waals surface area contributed by atoms with Crippen molar-refractivity contribution in [2.45, 2.75) is 18.0 Å². The molecular weight excluding hydrogens is 336 g/mol. The van der Waals surface area contributed by atoms with Crippen molar-refractivity contribution >= 4 is 17.7 Å². The van der Waals surface area contributed by atoms with Crippen LogP contribution in [0.2, 0.25) is 0 Å². The standard InChI is InChI=1S/C19H24N2O3S/c1-20(12-15-4-3-5-18(10-15)25-2)19(22)16-11-17(24-14-16)13-21-6-8-23-9-7-21/h3-5,10-11,14H,6-9,12-13H2,1-2H3. The second-order valence-corrected chi connectivity index (χ2v) is 7.08. The number of thioether (sulfide) groups is 1. The maximum atomic E-state index is 12.6. The summed E-state index contributed by atoms with van der Waals surface area (Å²) in [6.45, 7) is 4.60. The van der Waals surface area contributed by atoms with Crippen LogP contribution in [0, 0.1) is 0 Å². The third kappa shape index (κ3) is 4.87. The third-order valence-corrected chi connectivity index (χ3v) is 5.01. The van der Waals surface area contributed by atoms with Crippen LogP contribution in [0.5, 0.6) is 0 Å².